The fourth-order valence-corrected chi connectivity index (χ4v) is 3.20. The molecular weight excluding hydrogens is 334 g/mol. The third kappa shape index (κ3) is 3.63. The number of fused-ring (bicyclic) bond motifs is 1. The van der Waals surface area contributed by atoms with Crippen molar-refractivity contribution in [3.8, 4) is 0 Å². The molecule has 2 aliphatic rings. The number of hydrogen-bond donors (Lipinski definition) is 0. The van der Waals surface area contributed by atoms with Gasteiger partial charge in [-0.15, -0.1) is 0 Å². The average molecular weight is 359 g/mol. The van der Waals surface area contributed by atoms with Gasteiger partial charge in [0, 0.05) is 13.8 Å². The minimum atomic E-state index is -1.67. The molecule has 2 saturated heterocycles. The molecule has 2 rings (SSSR count). The van der Waals surface area contributed by atoms with Crippen molar-refractivity contribution >= 4 is 17.9 Å². The van der Waals surface area contributed by atoms with E-state index >= 15 is 0 Å². The lowest BCUT2D eigenvalue weighted by molar-refractivity contribution is -0.356. The van der Waals surface area contributed by atoms with E-state index in [0.717, 1.165) is 18.1 Å². The number of carbonyl (C=O) groups excluding carboxylic acids is 3. The number of hydroxylamine groups is 2. The fourth-order valence-electron chi connectivity index (χ4n) is 3.20. The van der Waals surface area contributed by atoms with Crippen LogP contribution in [0.2, 0.25) is 0 Å². The third-order valence-electron chi connectivity index (χ3n) is 4.18. The third-order valence-corrected chi connectivity index (χ3v) is 4.18. The summed E-state index contributed by atoms with van der Waals surface area (Å²) in [7, 11) is 0. The summed E-state index contributed by atoms with van der Waals surface area (Å²) in [6.45, 7) is 6.14. The summed E-state index contributed by atoms with van der Waals surface area (Å²) in [6, 6.07) is 0. The second kappa shape index (κ2) is 8.11. The lowest BCUT2D eigenvalue weighted by Crippen LogP contribution is -2.63. The van der Waals surface area contributed by atoms with Gasteiger partial charge in [0.05, 0.1) is 6.61 Å². The Bertz CT molecular complexity index is 524. The van der Waals surface area contributed by atoms with Crippen LogP contribution < -0.4 is 0 Å². The number of ether oxygens (including phenoxy) is 3. The standard InChI is InChI=1S/C16H25NO8/c1-5-7-8-12-14(24-11(4)19)16(15(20)21-6-2)13(23-10(3)18)9-22-17(16)25-12/h12-14H,5-9H2,1-4H3/t12-,13+,14-,16-/m1/s1. The molecule has 142 valence electrons. The summed E-state index contributed by atoms with van der Waals surface area (Å²) < 4.78 is 15.9. The van der Waals surface area contributed by atoms with Crippen molar-refractivity contribution in [1.82, 2.24) is 5.23 Å². The Labute approximate surface area is 146 Å². The van der Waals surface area contributed by atoms with Gasteiger partial charge in [-0.25, -0.2) is 4.79 Å². The number of esters is 3. The molecule has 4 atom stereocenters. The molecule has 2 heterocycles. The van der Waals surface area contributed by atoms with E-state index in [9.17, 15) is 14.4 Å². The van der Waals surface area contributed by atoms with Crippen LogP contribution in [0.1, 0.15) is 47.0 Å². The zero-order chi connectivity index (χ0) is 18.6. The van der Waals surface area contributed by atoms with E-state index in [2.05, 4.69) is 0 Å². The Hall–Kier alpha value is -1.71. The molecule has 0 amide bonds. The van der Waals surface area contributed by atoms with Gasteiger partial charge in [0.2, 0.25) is 5.54 Å². The molecule has 9 nitrogen and oxygen atoms in total. The number of nitrogens with zero attached hydrogens (tertiary/aromatic N) is 1. The Morgan fingerprint density at radius 2 is 1.84 bits per heavy atom. The van der Waals surface area contributed by atoms with E-state index in [1.807, 2.05) is 6.92 Å². The highest BCUT2D eigenvalue weighted by atomic mass is 17.0. The largest absolute Gasteiger partial charge is 0.464 e. The first-order chi connectivity index (χ1) is 11.9. The minimum Gasteiger partial charge on any atom is -0.464 e. The van der Waals surface area contributed by atoms with Crippen molar-refractivity contribution in [1.29, 1.82) is 0 Å². The van der Waals surface area contributed by atoms with Crippen molar-refractivity contribution < 1.29 is 38.3 Å². The first-order valence-electron chi connectivity index (χ1n) is 8.49. The highest BCUT2D eigenvalue weighted by Gasteiger charge is 2.73. The predicted molar refractivity (Wildman–Crippen MR) is 82.7 cm³/mol. The second-order valence-corrected chi connectivity index (χ2v) is 6.01. The number of hydrogen-bond acceptors (Lipinski definition) is 9. The van der Waals surface area contributed by atoms with Crippen molar-refractivity contribution in [3.05, 3.63) is 0 Å². The summed E-state index contributed by atoms with van der Waals surface area (Å²) in [5.41, 5.74) is -1.67. The van der Waals surface area contributed by atoms with Crippen molar-refractivity contribution in [2.75, 3.05) is 13.2 Å². The van der Waals surface area contributed by atoms with Gasteiger partial charge in [0.25, 0.3) is 0 Å². The first kappa shape index (κ1) is 19.6. The summed E-state index contributed by atoms with van der Waals surface area (Å²) in [4.78, 5) is 47.2. The zero-order valence-corrected chi connectivity index (χ0v) is 15.0. The van der Waals surface area contributed by atoms with E-state index in [1.54, 1.807) is 6.92 Å². The van der Waals surface area contributed by atoms with E-state index in [-0.39, 0.29) is 13.2 Å². The molecule has 2 fully saturated rings. The monoisotopic (exact) mass is 359 g/mol. The van der Waals surface area contributed by atoms with Crippen LogP contribution in [0.25, 0.3) is 0 Å². The first-order valence-corrected chi connectivity index (χ1v) is 8.49. The summed E-state index contributed by atoms with van der Waals surface area (Å²) >= 11 is 0. The van der Waals surface area contributed by atoms with E-state index in [0.29, 0.717) is 6.42 Å². The Kier molecular flexibility index (Phi) is 6.36. The summed E-state index contributed by atoms with van der Waals surface area (Å²) in [5.74, 6) is -1.88. The highest BCUT2D eigenvalue weighted by Crippen LogP contribution is 2.45. The number of rotatable bonds is 7. The van der Waals surface area contributed by atoms with Crippen LogP contribution in [0.4, 0.5) is 0 Å². The van der Waals surface area contributed by atoms with Crippen molar-refractivity contribution in [2.45, 2.75) is 70.8 Å². The quantitative estimate of drug-likeness (QED) is 0.485. The van der Waals surface area contributed by atoms with Gasteiger partial charge < -0.3 is 14.2 Å². The van der Waals surface area contributed by atoms with E-state index in [1.165, 1.54) is 13.8 Å². The molecule has 0 spiro atoms. The van der Waals surface area contributed by atoms with Crippen LogP contribution in [0.3, 0.4) is 0 Å². The summed E-state index contributed by atoms with van der Waals surface area (Å²) in [6.07, 6.45) is -0.391. The SMILES string of the molecule is CCCC[C@H]1ON2OC[C@H](OC(C)=O)[C@]2(C(=O)OCC)[C@@H]1OC(C)=O. The minimum absolute atomic E-state index is 0.101. The molecule has 0 unspecified atom stereocenters. The Morgan fingerprint density at radius 1 is 1.16 bits per heavy atom. The lowest BCUT2D eigenvalue weighted by Gasteiger charge is -2.33. The van der Waals surface area contributed by atoms with Gasteiger partial charge >= 0.3 is 17.9 Å². The normalized spacial score (nSPS) is 31.4. The van der Waals surface area contributed by atoms with Crippen LogP contribution in [-0.4, -0.2) is 60.2 Å². The molecule has 2 aliphatic heterocycles. The van der Waals surface area contributed by atoms with Crippen molar-refractivity contribution in [3.63, 3.8) is 0 Å². The molecule has 0 aromatic carbocycles. The lowest BCUT2D eigenvalue weighted by atomic mass is 9.84. The molecule has 0 aromatic rings. The fraction of sp³-hybridized carbons (Fsp3) is 0.812. The van der Waals surface area contributed by atoms with E-state index < -0.39 is 41.8 Å². The van der Waals surface area contributed by atoms with Crippen LogP contribution in [0.15, 0.2) is 0 Å². The smallest absolute Gasteiger partial charge is 0.339 e. The number of unbranched alkanes of at least 4 members (excludes halogenated alkanes) is 1. The molecule has 0 aliphatic carbocycles. The van der Waals surface area contributed by atoms with Crippen LogP contribution in [0, 0.1) is 0 Å². The molecule has 9 heteroatoms. The van der Waals surface area contributed by atoms with Crippen LogP contribution in [-0.2, 0) is 38.3 Å². The summed E-state index contributed by atoms with van der Waals surface area (Å²) in [5, 5.41) is 0.993. The molecule has 0 saturated carbocycles. The molecular formula is C16H25NO8. The molecule has 0 bridgehead atoms. The van der Waals surface area contributed by atoms with Gasteiger partial charge in [-0.1, -0.05) is 19.8 Å². The van der Waals surface area contributed by atoms with Gasteiger partial charge in [-0.3, -0.25) is 19.3 Å². The maximum absolute atomic E-state index is 12.8. The Morgan fingerprint density at radius 3 is 2.40 bits per heavy atom. The van der Waals surface area contributed by atoms with Crippen LogP contribution in [0.5, 0.6) is 0 Å². The maximum atomic E-state index is 12.8. The number of carbonyl (C=O) groups is 3. The molecule has 0 aromatic heterocycles. The topological polar surface area (TPSA) is 101 Å². The zero-order valence-electron chi connectivity index (χ0n) is 15.0. The van der Waals surface area contributed by atoms with Gasteiger partial charge in [0.1, 0.15) is 12.7 Å². The molecule has 0 radical (unpaired) electrons. The van der Waals surface area contributed by atoms with Gasteiger partial charge in [-0.05, 0) is 18.6 Å². The Balaban J connectivity index is 2.44. The predicted octanol–water partition coefficient (Wildman–Crippen LogP) is 0.903. The molecule has 25 heavy (non-hydrogen) atoms. The van der Waals surface area contributed by atoms with E-state index in [4.69, 9.17) is 23.9 Å². The second-order valence-electron chi connectivity index (χ2n) is 6.01. The van der Waals surface area contributed by atoms with Crippen LogP contribution >= 0.6 is 0 Å². The maximum Gasteiger partial charge on any atom is 0.339 e. The van der Waals surface area contributed by atoms with Gasteiger partial charge in [0.15, 0.2) is 12.2 Å². The highest BCUT2D eigenvalue weighted by molar-refractivity contribution is 5.84. The molecule has 0 N–H and O–H groups in total. The van der Waals surface area contributed by atoms with Crippen molar-refractivity contribution in [2.24, 2.45) is 0 Å². The average Bonchev–Trinajstić information content (AvgIpc) is 3.01. The van der Waals surface area contributed by atoms with Gasteiger partial charge in [-0.2, -0.15) is 0 Å².